The van der Waals surface area contributed by atoms with Crippen molar-refractivity contribution >= 4 is 17.7 Å². The lowest BCUT2D eigenvalue weighted by atomic mass is 10.1. The van der Waals surface area contributed by atoms with Crippen molar-refractivity contribution in [2.75, 3.05) is 11.9 Å². The van der Waals surface area contributed by atoms with Gasteiger partial charge in [0.15, 0.2) is 0 Å². The average Bonchev–Trinajstić information content (AvgIpc) is 2.44. The molecule has 140 valence electrons. The predicted molar refractivity (Wildman–Crippen MR) is 85.6 cm³/mol. The van der Waals surface area contributed by atoms with Crippen LogP contribution in [-0.2, 0) is 14.3 Å². The molecule has 0 aliphatic carbocycles. The smallest absolute Gasteiger partial charge is 0.441 e. The van der Waals surface area contributed by atoms with Gasteiger partial charge in [-0.2, -0.15) is 13.2 Å². The van der Waals surface area contributed by atoms with Crippen LogP contribution in [0.5, 0.6) is 0 Å². The van der Waals surface area contributed by atoms with Crippen LogP contribution >= 0.6 is 0 Å². The number of amides is 1. The summed E-state index contributed by atoms with van der Waals surface area (Å²) in [7, 11) is 0. The normalized spacial score (nSPS) is 13.9. The molecule has 0 aliphatic heterocycles. The third-order valence-corrected chi connectivity index (χ3v) is 3.13. The van der Waals surface area contributed by atoms with Crippen molar-refractivity contribution in [3.63, 3.8) is 0 Å². The lowest BCUT2D eigenvalue weighted by Gasteiger charge is -2.35. The molecular weight excluding hydrogens is 339 g/mol. The number of pyridine rings is 1. The van der Waals surface area contributed by atoms with Gasteiger partial charge in [-0.1, -0.05) is 19.9 Å². The number of aryl methyl sites for hydroxylation is 1. The van der Waals surface area contributed by atoms with Crippen molar-refractivity contribution in [1.29, 1.82) is 0 Å². The number of rotatable bonds is 7. The molecule has 1 atom stereocenters. The number of carbonyl (C=O) groups is 2. The standard InChI is InChI=1S/C16H22F3N3O3/c1-5-25-14(24)15(16(17,18)19,22-13(23)9-10(2)3)21-12-8-6-7-11(4)20-12/h6-8,10H,5,9H2,1-4H3,(H,20,21)(H,22,23)/t15-/m0/s1. The van der Waals surface area contributed by atoms with Gasteiger partial charge in [0.1, 0.15) is 5.82 Å². The van der Waals surface area contributed by atoms with E-state index in [1.165, 1.54) is 19.1 Å². The minimum atomic E-state index is -5.16. The number of ether oxygens (including phenoxy) is 1. The zero-order valence-corrected chi connectivity index (χ0v) is 14.5. The number of hydrogen-bond donors (Lipinski definition) is 2. The summed E-state index contributed by atoms with van der Waals surface area (Å²) in [5.74, 6) is -2.98. The minimum Gasteiger partial charge on any atom is -0.463 e. The predicted octanol–water partition coefficient (Wildman–Crippen LogP) is 2.79. The third kappa shape index (κ3) is 5.33. The first-order valence-corrected chi connectivity index (χ1v) is 7.78. The van der Waals surface area contributed by atoms with Gasteiger partial charge in [-0.25, -0.2) is 9.78 Å². The Labute approximate surface area is 144 Å². The third-order valence-electron chi connectivity index (χ3n) is 3.13. The van der Waals surface area contributed by atoms with E-state index in [-0.39, 0.29) is 24.8 Å². The number of nitrogens with one attached hydrogen (secondary N) is 2. The maximum Gasteiger partial charge on any atom is 0.441 e. The fraction of sp³-hybridized carbons (Fsp3) is 0.562. The Morgan fingerprint density at radius 1 is 1.28 bits per heavy atom. The number of anilines is 1. The van der Waals surface area contributed by atoms with Gasteiger partial charge in [0.2, 0.25) is 5.91 Å². The van der Waals surface area contributed by atoms with E-state index >= 15 is 0 Å². The Bertz CT molecular complexity index is 620. The second kappa shape index (κ2) is 8.17. The Morgan fingerprint density at radius 3 is 2.40 bits per heavy atom. The summed E-state index contributed by atoms with van der Waals surface area (Å²) in [4.78, 5) is 28.1. The molecule has 0 bridgehead atoms. The number of hydrogen-bond acceptors (Lipinski definition) is 5. The zero-order chi connectivity index (χ0) is 19.3. The van der Waals surface area contributed by atoms with Crippen LogP contribution in [0.2, 0.25) is 0 Å². The van der Waals surface area contributed by atoms with E-state index in [2.05, 4.69) is 9.72 Å². The van der Waals surface area contributed by atoms with Crippen molar-refractivity contribution in [1.82, 2.24) is 10.3 Å². The largest absolute Gasteiger partial charge is 0.463 e. The number of halogens is 3. The van der Waals surface area contributed by atoms with Crippen LogP contribution in [-0.4, -0.2) is 35.3 Å². The molecule has 0 aromatic carbocycles. The highest BCUT2D eigenvalue weighted by molar-refractivity contribution is 5.91. The highest BCUT2D eigenvalue weighted by atomic mass is 19.4. The van der Waals surface area contributed by atoms with Gasteiger partial charge >= 0.3 is 17.8 Å². The Morgan fingerprint density at radius 2 is 1.92 bits per heavy atom. The second-order valence-corrected chi connectivity index (χ2v) is 5.90. The Hall–Kier alpha value is -2.32. The molecule has 0 radical (unpaired) electrons. The van der Waals surface area contributed by atoms with Gasteiger partial charge < -0.3 is 15.4 Å². The molecule has 1 aromatic heterocycles. The zero-order valence-electron chi connectivity index (χ0n) is 14.5. The Kier molecular flexibility index (Phi) is 6.78. The first kappa shape index (κ1) is 20.7. The highest BCUT2D eigenvalue weighted by Gasteiger charge is 2.63. The molecule has 0 unspecified atom stereocenters. The van der Waals surface area contributed by atoms with E-state index in [4.69, 9.17) is 0 Å². The molecule has 0 saturated carbocycles. The first-order valence-electron chi connectivity index (χ1n) is 7.78. The fourth-order valence-electron chi connectivity index (χ4n) is 2.07. The van der Waals surface area contributed by atoms with Gasteiger partial charge in [0.05, 0.1) is 6.61 Å². The van der Waals surface area contributed by atoms with Crippen molar-refractivity contribution in [3.8, 4) is 0 Å². The van der Waals surface area contributed by atoms with Crippen LogP contribution in [0.4, 0.5) is 19.0 Å². The fourth-order valence-corrected chi connectivity index (χ4v) is 2.07. The summed E-state index contributed by atoms with van der Waals surface area (Å²) in [5.41, 5.74) is -2.98. The van der Waals surface area contributed by atoms with Crippen LogP contribution in [0.1, 0.15) is 32.9 Å². The van der Waals surface area contributed by atoms with Crippen molar-refractivity contribution in [3.05, 3.63) is 23.9 Å². The van der Waals surface area contributed by atoms with E-state index < -0.39 is 23.7 Å². The highest BCUT2D eigenvalue weighted by Crippen LogP contribution is 2.33. The quantitative estimate of drug-likeness (QED) is 0.577. The van der Waals surface area contributed by atoms with Gasteiger partial charge in [0.25, 0.3) is 0 Å². The van der Waals surface area contributed by atoms with Gasteiger partial charge in [-0.15, -0.1) is 0 Å². The molecule has 6 nitrogen and oxygen atoms in total. The van der Waals surface area contributed by atoms with Crippen molar-refractivity contribution in [2.24, 2.45) is 5.92 Å². The molecule has 0 spiro atoms. The van der Waals surface area contributed by atoms with Gasteiger partial charge in [-0.3, -0.25) is 4.79 Å². The number of aromatic nitrogens is 1. The molecule has 0 aliphatic rings. The molecule has 0 fully saturated rings. The van der Waals surface area contributed by atoms with E-state index in [9.17, 15) is 22.8 Å². The van der Waals surface area contributed by atoms with E-state index in [1.54, 1.807) is 32.2 Å². The SMILES string of the molecule is CCOC(=O)[C@@](NC(=O)CC(C)C)(Nc1cccc(C)n1)C(F)(F)F. The lowest BCUT2D eigenvalue weighted by molar-refractivity contribution is -0.208. The summed E-state index contributed by atoms with van der Waals surface area (Å²) in [6.07, 6.45) is -5.34. The summed E-state index contributed by atoms with van der Waals surface area (Å²) in [6, 6.07) is 4.33. The van der Waals surface area contributed by atoms with Crippen molar-refractivity contribution in [2.45, 2.75) is 46.0 Å². The van der Waals surface area contributed by atoms with E-state index in [1.807, 2.05) is 5.32 Å². The van der Waals surface area contributed by atoms with Crippen LogP contribution in [0, 0.1) is 12.8 Å². The van der Waals surface area contributed by atoms with Gasteiger partial charge in [-0.05, 0) is 31.9 Å². The van der Waals surface area contributed by atoms with Crippen LogP contribution < -0.4 is 10.6 Å². The monoisotopic (exact) mass is 361 g/mol. The summed E-state index contributed by atoms with van der Waals surface area (Å²) < 4.78 is 46.1. The Balaban J connectivity index is 3.33. The summed E-state index contributed by atoms with van der Waals surface area (Å²) in [5, 5.41) is 3.78. The minimum absolute atomic E-state index is 0.180. The van der Waals surface area contributed by atoms with Crippen molar-refractivity contribution < 1.29 is 27.5 Å². The topological polar surface area (TPSA) is 80.3 Å². The van der Waals surface area contributed by atoms with E-state index in [0.29, 0.717) is 5.69 Å². The summed E-state index contributed by atoms with van der Waals surface area (Å²) in [6.45, 7) is 6.03. The molecule has 1 amide bonds. The van der Waals surface area contributed by atoms with E-state index in [0.717, 1.165) is 0 Å². The maximum absolute atomic E-state index is 13.8. The number of alkyl halides is 3. The summed E-state index contributed by atoms with van der Waals surface area (Å²) >= 11 is 0. The van der Waals surface area contributed by atoms with Crippen LogP contribution in [0.15, 0.2) is 18.2 Å². The van der Waals surface area contributed by atoms with Crippen LogP contribution in [0.3, 0.4) is 0 Å². The molecule has 1 aromatic rings. The van der Waals surface area contributed by atoms with Crippen LogP contribution in [0.25, 0.3) is 0 Å². The molecule has 25 heavy (non-hydrogen) atoms. The first-order chi connectivity index (χ1) is 11.5. The average molecular weight is 361 g/mol. The maximum atomic E-state index is 13.8. The lowest BCUT2D eigenvalue weighted by Crippen LogP contribution is -2.69. The second-order valence-electron chi connectivity index (χ2n) is 5.90. The van der Waals surface area contributed by atoms with Gasteiger partial charge in [0, 0.05) is 12.1 Å². The molecule has 1 rings (SSSR count). The number of carbonyl (C=O) groups excluding carboxylic acids is 2. The molecule has 2 N–H and O–H groups in total. The molecule has 1 heterocycles. The number of esters is 1. The molecule has 0 saturated heterocycles. The number of nitrogens with zero attached hydrogens (tertiary/aromatic N) is 1. The molecular formula is C16H22F3N3O3. The molecule has 9 heteroatoms.